The quantitative estimate of drug-likeness (QED) is 0.208. The number of halogens is 2. The molecule has 4 rings (SSSR count). The number of esters is 1. The fourth-order valence-electron chi connectivity index (χ4n) is 4.89. The molecule has 0 N–H and O–H groups in total. The molecule has 0 radical (unpaired) electrons. The molecule has 2 nitrogen and oxygen atoms in total. The minimum atomic E-state index is -0.295. The lowest BCUT2D eigenvalue weighted by molar-refractivity contribution is 0.0526. The van der Waals surface area contributed by atoms with Gasteiger partial charge in [-0.05, 0) is 142 Å². The minimum Gasteiger partial charge on any atom is -0.462 e. The van der Waals surface area contributed by atoms with Crippen LogP contribution in [-0.4, -0.2) is 12.6 Å². The summed E-state index contributed by atoms with van der Waals surface area (Å²) in [4.78, 5) is 12.8. The van der Waals surface area contributed by atoms with E-state index >= 15 is 0 Å². The third kappa shape index (κ3) is 5.12. The van der Waals surface area contributed by atoms with E-state index in [1.54, 1.807) is 0 Å². The zero-order chi connectivity index (χ0) is 27.4. The van der Waals surface area contributed by atoms with E-state index in [1.807, 2.05) is 19.1 Å². The van der Waals surface area contributed by atoms with Gasteiger partial charge in [-0.2, -0.15) is 0 Å². The molecule has 4 aromatic rings. The average Bonchev–Trinajstić information content (AvgIpc) is 2.81. The second kappa shape index (κ2) is 9.85. The Balaban J connectivity index is 2.42. The topological polar surface area (TPSA) is 26.3 Å². The van der Waals surface area contributed by atoms with Crippen LogP contribution in [0.25, 0.3) is 32.3 Å². The summed E-state index contributed by atoms with van der Waals surface area (Å²) in [6.07, 6.45) is 0. The first-order valence-electron chi connectivity index (χ1n) is 12.8. The Morgan fingerprint density at radius 1 is 0.676 bits per heavy atom. The Morgan fingerprint density at radius 3 is 1.54 bits per heavy atom. The second-order valence-corrected chi connectivity index (χ2v) is 13.6. The molecular weight excluding hydrogens is 588 g/mol. The van der Waals surface area contributed by atoms with E-state index in [2.05, 4.69) is 118 Å². The van der Waals surface area contributed by atoms with Gasteiger partial charge in [0.05, 0.1) is 12.2 Å². The SMILES string of the molecule is CCOC(=O)c1ccc2c3cc(C(C)(C)C)cc(c(Br)c(Br)c4cc(C(C)(C)C)cc(c4C)c2c1)c3C. The Labute approximate surface area is 237 Å². The van der Waals surface area contributed by atoms with E-state index in [-0.39, 0.29) is 16.8 Å². The molecule has 0 spiro atoms. The van der Waals surface area contributed by atoms with Gasteiger partial charge in [0.1, 0.15) is 0 Å². The molecule has 0 aromatic heterocycles. The molecule has 194 valence electrons. The molecule has 0 aliphatic heterocycles. The van der Waals surface area contributed by atoms with Crippen LogP contribution in [0.5, 0.6) is 0 Å². The van der Waals surface area contributed by atoms with Crippen molar-refractivity contribution in [3.63, 3.8) is 0 Å². The van der Waals surface area contributed by atoms with Crippen LogP contribution in [0.4, 0.5) is 0 Å². The van der Waals surface area contributed by atoms with Crippen molar-refractivity contribution >= 4 is 70.1 Å². The van der Waals surface area contributed by atoms with Crippen molar-refractivity contribution in [2.45, 2.75) is 73.1 Å². The highest BCUT2D eigenvalue weighted by Gasteiger charge is 2.21. The molecule has 0 saturated heterocycles. The first-order chi connectivity index (χ1) is 17.1. The summed E-state index contributed by atoms with van der Waals surface area (Å²) >= 11 is 7.98. The molecule has 4 aromatic carbocycles. The van der Waals surface area contributed by atoms with Gasteiger partial charge in [-0.3, -0.25) is 0 Å². The van der Waals surface area contributed by atoms with Crippen LogP contribution in [0.15, 0.2) is 51.4 Å². The average molecular weight is 624 g/mol. The second-order valence-electron chi connectivity index (χ2n) is 12.0. The van der Waals surface area contributed by atoms with Gasteiger partial charge >= 0.3 is 5.97 Å². The fraction of sp³-hybridized carbons (Fsp3) is 0.364. The molecule has 0 fully saturated rings. The van der Waals surface area contributed by atoms with Gasteiger partial charge < -0.3 is 4.74 Å². The number of carbonyl (C=O) groups excluding carboxylic acids is 1. The van der Waals surface area contributed by atoms with E-state index in [0.29, 0.717) is 12.2 Å². The van der Waals surface area contributed by atoms with Crippen molar-refractivity contribution < 1.29 is 9.53 Å². The van der Waals surface area contributed by atoms with Crippen LogP contribution >= 0.6 is 31.9 Å². The number of fused-ring (bicyclic) bond motifs is 7. The van der Waals surface area contributed by atoms with Crippen molar-refractivity contribution in [3.05, 3.63) is 79.2 Å². The number of hydrogen-bond donors (Lipinski definition) is 0. The van der Waals surface area contributed by atoms with Crippen LogP contribution in [0, 0.1) is 13.8 Å². The summed E-state index contributed by atoms with van der Waals surface area (Å²) in [5.74, 6) is -0.295. The zero-order valence-electron chi connectivity index (χ0n) is 23.3. The molecule has 4 bridgehead atoms. The molecule has 4 heteroatoms. The van der Waals surface area contributed by atoms with E-state index < -0.39 is 0 Å². The molecule has 0 atom stereocenters. The number of benzene rings is 3. The third-order valence-electron chi connectivity index (χ3n) is 7.32. The number of rotatable bonds is 2. The van der Waals surface area contributed by atoms with Crippen LogP contribution in [0.2, 0.25) is 0 Å². The van der Waals surface area contributed by atoms with Gasteiger partial charge in [-0.15, -0.1) is 0 Å². The Kier molecular flexibility index (Phi) is 7.42. The third-order valence-corrected chi connectivity index (χ3v) is 9.50. The summed E-state index contributed by atoms with van der Waals surface area (Å²) in [5, 5.41) is 6.79. The van der Waals surface area contributed by atoms with Crippen LogP contribution in [0.1, 0.15) is 81.1 Å². The van der Waals surface area contributed by atoms with Crippen LogP contribution in [-0.2, 0) is 15.6 Å². The zero-order valence-corrected chi connectivity index (χ0v) is 26.5. The monoisotopic (exact) mass is 622 g/mol. The van der Waals surface area contributed by atoms with E-state index in [1.165, 1.54) is 27.5 Å². The van der Waals surface area contributed by atoms with Gasteiger partial charge in [-0.1, -0.05) is 59.7 Å². The summed E-state index contributed by atoms with van der Waals surface area (Å²) in [7, 11) is 0. The lowest BCUT2D eigenvalue weighted by Gasteiger charge is -2.23. The summed E-state index contributed by atoms with van der Waals surface area (Å²) < 4.78 is 7.46. The summed E-state index contributed by atoms with van der Waals surface area (Å²) in [6.45, 7) is 20.0. The van der Waals surface area contributed by atoms with Gasteiger partial charge in [0.25, 0.3) is 0 Å². The van der Waals surface area contributed by atoms with Crippen LogP contribution in [0.3, 0.4) is 0 Å². The van der Waals surface area contributed by atoms with Gasteiger partial charge in [0.2, 0.25) is 0 Å². The number of aryl methyl sites for hydroxylation is 2. The van der Waals surface area contributed by atoms with Crippen molar-refractivity contribution in [3.8, 4) is 0 Å². The first-order valence-corrected chi connectivity index (χ1v) is 14.4. The van der Waals surface area contributed by atoms with Crippen molar-refractivity contribution in [1.29, 1.82) is 0 Å². The standard InChI is InChI=1S/C33H36Br2O2/c1-10-37-31(36)20-11-12-23-24-14-21(32(4,5)6)16-26(18(24)2)29(34)30(35)27-17-22(33(7,8)9)15-25(19(27)3)28(23)13-20/h11-17H,10H2,1-9H3. The van der Waals surface area contributed by atoms with E-state index in [0.717, 1.165) is 36.1 Å². The fourth-order valence-corrected chi connectivity index (χ4v) is 6.14. The predicted molar refractivity (Wildman–Crippen MR) is 166 cm³/mol. The molecule has 0 aliphatic rings. The highest BCUT2D eigenvalue weighted by Crippen LogP contribution is 2.42. The maximum Gasteiger partial charge on any atom is 0.338 e. The van der Waals surface area contributed by atoms with Crippen molar-refractivity contribution in [2.75, 3.05) is 6.61 Å². The van der Waals surface area contributed by atoms with Gasteiger partial charge in [0, 0.05) is 8.95 Å². The minimum absolute atomic E-state index is 0.0320. The Morgan fingerprint density at radius 2 is 1.11 bits per heavy atom. The lowest BCUT2D eigenvalue weighted by Crippen LogP contribution is -2.11. The van der Waals surface area contributed by atoms with Crippen LogP contribution < -0.4 is 0 Å². The Hall–Kier alpha value is -2.17. The summed E-state index contributed by atoms with van der Waals surface area (Å²) in [6, 6.07) is 15.2. The molecule has 0 heterocycles. The smallest absolute Gasteiger partial charge is 0.338 e. The van der Waals surface area contributed by atoms with Crippen molar-refractivity contribution in [2.24, 2.45) is 0 Å². The highest BCUT2D eigenvalue weighted by molar-refractivity contribution is 9.13. The molecule has 0 saturated carbocycles. The van der Waals surface area contributed by atoms with Crippen molar-refractivity contribution in [1.82, 2.24) is 0 Å². The Bertz CT molecular complexity index is 1600. The first kappa shape index (κ1) is 27.9. The number of ether oxygens (including phenoxy) is 1. The van der Waals surface area contributed by atoms with E-state index in [4.69, 9.17) is 4.74 Å². The molecule has 0 amide bonds. The lowest BCUT2D eigenvalue weighted by atomic mass is 9.82. The number of carbonyl (C=O) groups is 1. The maximum absolute atomic E-state index is 12.8. The summed E-state index contributed by atoms with van der Waals surface area (Å²) in [5.41, 5.74) is 5.35. The number of hydrogen-bond acceptors (Lipinski definition) is 2. The molecule has 37 heavy (non-hydrogen) atoms. The predicted octanol–water partition coefficient (Wildman–Crippen LogP) is 10.6. The maximum atomic E-state index is 12.8. The molecule has 0 aliphatic carbocycles. The van der Waals surface area contributed by atoms with Gasteiger partial charge in [0.15, 0.2) is 0 Å². The largest absolute Gasteiger partial charge is 0.462 e. The highest BCUT2D eigenvalue weighted by atomic mass is 79.9. The van der Waals surface area contributed by atoms with E-state index in [9.17, 15) is 4.79 Å². The molecular formula is C33H36Br2O2. The molecule has 0 unspecified atom stereocenters. The van der Waals surface area contributed by atoms with Gasteiger partial charge in [-0.25, -0.2) is 4.79 Å². The normalized spacial score (nSPS) is 12.4.